The van der Waals surface area contributed by atoms with Crippen molar-refractivity contribution in [1.82, 2.24) is 19.7 Å². The standard InChI is InChI=1S/C25H28N6O3/c1-16(2)25(29-32)15-31(19-8-20(33-4)11-21(9-19)34-5)18-6-7-22-23(10-18)28-24(13-26-22)17-12-27-30(3)14-17/h6-14,16,25H,15H2,1-5H3. The highest BCUT2D eigenvalue weighted by Gasteiger charge is 2.22. The first-order valence-corrected chi connectivity index (χ1v) is 11.0. The van der Waals surface area contributed by atoms with E-state index in [9.17, 15) is 4.91 Å². The first-order valence-electron chi connectivity index (χ1n) is 11.0. The average molecular weight is 461 g/mol. The fraction of sp³-hybridized carbons (Fsp3) is 0.320. The topological polar surface area (TPSA) is 94.7 Å². The van der Waals surface area contributed by atoms with Gasteiger partial charge in [-0.1, -0.05) is 19.0 Å². The molecule has 1 unspecified atom stereocenters. The van der Waals surface area contributed by atoms with Crippen LogP contribution in [-0.2, 0) is 7.05 Å². The van der Waals surface area contributed by atoms with Gasteiger partial charge in [-0.05, 0) is 24.1 Å². The van der Waals surface area contributed by atoms with Gasteiger partial charge >= 0.3 is 0 Å². The summed E-state index contributed by atoms with van der Waals surface area (Å²) in [6.45, 7) is 4.36. The van der Waals surface area contributed by atoms with Crippen LogP contribution in [0, 0.1) is 10.8 Å². The van der Waals surface area contributed by atoms with Crippen molar-refractivity contribution in [1.29, 1.82) is 0 Å². The number of hydrogen-bond donors (Lipinski definition) is 0. The molecule has 0 aliphatic heterocycles. The van der Waals surface area contributed by atoms with E-state index in [1.165, 1.54) is 0 Å². The maximum Gasteiger partial charge on any atom is 0.124 e. The van der Waals surface area contributed by atoms with Gasteiger partial charge in [0.05, 0.1) is 43.3 Å². The number of aromatic nitrogens is 4. The van der Waals surface area contributed by atoms with Gasteiger partial charge in [0.25, 0.3) is 0 Å². The molecule has 2 aromatic carbocycles. The minimum absolute atomic E-state index is 0.0740. The minimum atomic E-state index is -0.416. The molecule has 0 amide bonds. The molecule has 9 heteroatoms. The van der Waals surface area contributed by atoms with E-state index in [0.29, 0.717) is 18.0 Å². The zero-order chi connectivity index (χ0) is 24.2. The first-order chi connectivity index (χ1) is 16.4. The molecule has 176 valence electrons. The van der Waals surface area contributed by atoms with E-state index >= 15 is 0 Å². The van der Waals surface area contributed by atoms with Crippen molar-refractivity contribution in [3.8, 4) is 22.8 Å². The summed E-state index contributed by atoms with van der Waals surface area (Å²) in [5.74, 6) is 1.38. The molecule has 0 aliphatic carbocycles. The highest BCUT2D eigenvalue weighted by atomic mass is 16.5. The van der Waals surface area contributed by atoms with Crippen molar-refractivity contribution in [3.05, 3.63) is 59.9 Å². The summed E-state index contributed by atoms with van der Waals surface area (Å²) in [6, 6.07) is 11.1. The largest absolute Gasteiger partial charge is 0.497 e. The molecule has 0 radical (unpaired) electrons. The van der Waals surface area contributed by atoms with Crippen LogP contribution in [0.4, 0.5) is 11.4 Å². The van der Waals surface area contributed by atoms with Gasteiger partial charge in [0.1, 0.15) is 17.5 Å². The lowest BCUT2D eigenvalue weighted by Gasteiger charge is -2.29. The van der Waals surface area contributed by atoms with Crippen LogP contribution in [0.15, 0.2) is 60.2 Å². The maximum absolute atomic E-state index is 11.7. The molecule has 0 fully saturated rings. The third-order valence-electron chi connectivity index (χ3n) is 5.76. The quantitative estimate of drug-likeness (QED) is 0.325. The molecule has 1 atom stereocenters. The van der Waals surface area contributed by atoms with Gasteiger partial charge in [-0.15, -0.1) is 0 Å². The molecule has 0 aliphatic rings. The molecule has 0 N–H and O–H groups in total. The van der Waals surface area contributed by atoms with Crippen LogP contribution in [-0.4, -0.2) is 46.6 Å². The molecular weight excluding hydrogens is 432 g/mol. The Morgan fingerprint density at radius 3 is 2.32 bits per heavy atom. The smallest absolute Gasteiger partial charge is 0.124 e. The molecule has 2 heterocycles. The van der Waals surface area contributed by atoms with Crippen molar-refractivity contribution >= 4 is 22.4 Å². The normalized spacial score (nSPS) is 12.1. The zero-order valence-corrected chi connectivity index (χ0v) is 20.0. The fourth-order valence-corrected chi connectivity index (χ4v) is 3.72. The van der Waals surface area contributed by atoms with Gasteiger partial charge in [0, 0.05) is 54.9 Å². The lowest BCUT2D eigenvalue weighted by molar-refractivity contribution is 0.394. The highest BCUT2D eigenvalue weighted by Crippen LogP contribution is 2.35. The van der Waals surface area contributed by atoms with E-state index in [2.05, 4.69) is 15.3 Å². The van der Waals surface area contributed by atoms with E-state index in [-0.39, 0.29) is 5.92 Å². The van der Waals surface area contributed by atoms with Crippen LogP contribution in [0.2, 0.25) is 0 Å². The lowest BCUT2D eigenvalue weighted by Crippen LogP contribution is -2.30. The molecule has 0 bridgehead atoms. The summed E-state index contributed by atoms with van der Waals surface area (Å²) in [6.07, 6.45) is 5.41. The van der Waals surface area contributed by atoms with Crippen molar-refractivity contribution < 1.29 is 9.47 Å². The van der Waals surface area contributed by atoms with Crippen molar-refractivity contribution in [2.24, 2.45) is 18.1 Å². The molecule has 0 saturated heterocycles. The second-order valence-corrected chi connectivity index (χ2v) is 8.43. The van der Waals surface area contributed by atoms with Gasteiger partial charge in [-0.2, -0.15) is 10.0 Å². The molecule has 4 rings (SSSR count). The molecule has 0 spiro atoms. The zero-order valence-electron chi connectivity index (χ0n) is 20.0. The number of nitroso groups, excluding NO2 is 1. The number of ether oxygens (including phenoxy) is 2. The first kappa shape index (κ1) is 23.2. The van der Waals surface area contributed by atoms with Crippen LogP contribution in [0.1, 0.15) is 13.8 Å². The summed E-state index contributed by atoms with van der Waals surface area (Å²) in [7, 11) is 5.08. The Labute approximate surface area is 198 Å². The number of hydrogen-bond acceptors (Lipinski definition) is 8. The van der Waals surface area contributed by atoms with Crippen molar-refractivity contribution in [3.63, 3.8) is 0 Å². The Bertz CT molecular complexity index is 1280. The molecule has 0 saturated carbocycles. The Balaban J connectivity index is 1.83. The molecule has 4 aromatic rings. The van der Waals surface area contributed by atoms with Crippen LogP contribution in [0.5, 0.6) is 11.5 Å². The molecular formula is C25H28N6O3. The third-order valence-corrected chi connectivity index (χ3v) is 5.76. The van der Waals surface area contributed by atoms with Crippen LogP contribution < -0.4 is 14.4 Å². The van der Waals surface area contributed by atoms with Gasteiger partial charge in [0.15, 0.2) is 0 Å². The number of benzene rings is 2. The summed E-state index contributed by atoms with van der Waals surface area (Å²) in [5.41, 5.74) is 4.81. The van der Waals surface area contributed by atoms with Crippen molar-refractivity contribution in [2.45, 2.75) is 19.9 Å². The average Bonchev–Trinajstić information content (AvgIpc) is 3.29. The Morgan fingerprint density at radius 2 is 1.74 bits per heavy atom. The van der Waals surface area contributed by atoms with Crippen LogP contribution in [0.3, 0.4) is 0 Å². The van der Waals surface area contributed by atoms with Crippen molar-refractivity contribution in [2.75, 3.05) is 25.7 Å². The van der Waals surface area contributed by atoms with Gasteiger partial charge < -0.3 is 14.4 Å². The second-order valence-electron chi connectivity index (χ2n) is 8.43. The second kappa shape index (κ2) is 9.86. The summed E-state index contributed by atoms with van der Waals surface area (Å²) in [5, 5.41) is 7.62. The van der Waals surface area contributed by atoms with Crippen LogP contribution >= 0.6 is 0 Å². The van der Waals surface area contributed by atoms with E-state index in [1.54, 1.807) is 31.3 Å². The molecule has 9 nitrogen and oxygen atoms in total. The van der Waals surface area contributed by atoms with Gasteiger partial charge in [-0.25, -0.2) is 4.98 Å². The number of methoxy groups -OCH3 is 2. The Hall–Kier alpha value is -4.01. The predicted octanol–water partition coefficient (Wildman–Crippen LogP) is 4.98. The SMILES string of the molecule is COc1cc(OC)cc(N(CC(N=O)C(C)C)c2ccc3ncc(-c4cnn(C)c4)nc3c2)c1. The summed E-state index contributed by atoms with van der Waals surface area (Å²) in [4.78, 5) is 23.1. The Morgan fingerprint density at radius 1 is 1.00 bits per heavy atom. The molecule has 34 heavy (non-hydrogen) atoms. The number of nitrogens with zero attached hydrogens (tertiary/aromatic N) is 6. The van der Waals surface area contributed by atoms with E-state index < -0.39 is 6.04 Å². The minimum Gasteiger partial charge on any atom is -0.497 e. The maximum atomic E-state index is 11.7. The monoisotopic (exact) mass is 460 g/mol. The lowest BCUT2D eigenvalue weighted by atomic mass is 10.0. The predicted molar refractivity (Wildman–Crippen MR) is 133 cm³/mol. The Kier molecular flexibility index (Phi) is 6.72. The number of aryl methyl sites for hydroxylation is 1. The highest BCUT2D eigenvalue weighted by molar-refractivity contribution is 5.82. The van der Waals surface area contributed by atoms with Crippen LogP contribution in [0.25, 0.3) is 22.3 Å². The fourth-order valence-electron chi connectivity index (χ4n) is 3.72. The molecule has 2 aromatic heterocycles. The number of fused-ring (bicyclic) bond motifs is 1. The van der Waals surface area contributed by atoms with E-state index in [4.69, 9.17) is 14.5 Å². The number of rotatable bonds is 9. The number of anilines is 2. The van der Waals surface area contributed by atoms with Gasteiger partial charge in [-0.3, -0.25) is 9.67 Å². The van der Waals surface area contributed by atoms with Gasteiger partial charge in [0.2, 0.25) is 0 Å². The third kappa shape index (κ3) is 4.83. The summed E-state index contributed by atoms with van der Waals surface area (Å²) < 4.78 is 12.7. The summed E-state index contributed by atoms with van der Waals surface area (Å²) >= 11 is 0. The van der Waals surface area contributed by atoms with E-state index in [1.807, 2.05) is 68.4 Å². The van der Waals surface area contributed by atoms with E-state index in [0.717, 1.165) is 33.7 Å².